The van der Waals surface area contributed by atoms with Crippen LogP contribution in [0.4, 0.5) is 5.69 Å². The Morgan fingerprint density at radius 2 is 1.57 bits per heavy atom. The van der Waals surface area contributed by atoms with Gasteiger partial charge < -0.3 is 19.3 Å². The van der Waals surface area contributed by atoms with Crippen LogP contribution in [0.5, 0.6) is 0 Å². The monoisotopic (exact) mass is 489 g/mol. The molecular formula is C29H32ClN3O2. The highest BCUT2D eigenvalue weighted by Gasteiger charge is 2.17. The van der Waals surface area contributed by atoms with E-state index in [2.05, 4.69) is 28.8 Å². The third-order valence-electron chi connectivity index (χ3n) is 7.22. The van der Waals surface area contributed by atoms with E-state index in [1.807, 2.05) is 48.0 Å². The molecule has 1 aliphatic rings. The maximum Gasteiger partial charge on any atom is 0.211 e. The molecule has 0 bridgehead atoms. The molecule has 1 aromatic heterocycles. The Kier molecular flexibility index (Phi) is 7.09. The van der Waals surface area contributed by atoms with Crippen LogP contribution in [-0.2, 0) is 26.8 Å². The highest BCUT2D eigenvalue weighted by atomic mass is 35.5. The van der Waals surface area contributed by atoms with Crippen LogP contribution < -0.4 is 5.62 Å². The van der Waals surface area contributed by atoms with Gasteiger partial charge in [0.05, 0.1) is 36.5 Å². The maximum absolute atomic E-state index is 10.0. The van der Waals surface area contributed by atoms with Crippen LogP contribution in [0, 0.1) is 0 Å². The largest absolute Gasteiger partial charge is 0.392 e. The van der Waals surface area contributed by atoms with Crippen LogP contribution >= 0.6 is 11.6 Å². The Balaban J connectivity index is 1.62. The van der Waals surface area contributed by atoms with Gasteiger partial charge in [-0.15, -0.1) is 0 Å². The van der Waals surface area contributed by atoms with Gasteiger partial charge in [-0.25, -0.2) is 4.99 Å². The van der Waals surface area contributed by atoms with Gasteiger partial charge in [-0.3, -0.25) is 0 Å². The SMILES string of the molecule is Cn1/c(=N/c2ccc(C3CCCCC3)cc2)n(Cc2ccc(CO)cc2)c2cc(Cl)cc(CO)c21. The Bertz CT molecular complexity index is 1380. The Hall–Kier alpha value is -2.86. The molecule has 0 amide bonds. The first-order chi connectivity index (χ1) is 17.1. The average Bonchev–Trinajstić information content (AvgIpc) is 3.15. The number of rotatable bonds is 6. The van der Waals surface area contributed by atoms with Crippen LogP contribution in [0.1, 0.15) is 60.3 Å². The number of aliphatic hydroxyl groups excluding tert-OH is 2. The predicted octanol–water partition coefficient (Wildman–Crippen LogP) is 5.95. The molecule has 0 aliphatic heterocycles. The molecule has 5 rings (SSSR count). The van der Waals surface area contributed by atoms with E-state index in [0.717, 1.165) is 39.0 Å². The van der Waals surface area contributed by atoms with Gasteiger partial charge in [-0.1, -0.05) is 67.3 Å². The topological polar surface area (TPSA) is 62.7 Å². The van der Waals surface area contributed by atoms with Crippen molar-refractivity contribution in [3.8, 4) is 0 Å². The van der Waals surface area contributed by atoms with Gasteiger partial charge >= 0.3 is 0 Å². The minimum atomic E-state index is -0.102. The lowest BCUT2D eigenvalue weighted by Crippen LogP contribution is -2.24. The zero-order valence-electron chi connectivity index (χ0n) is 20.1. The molecule has 0 atom stereocenters. The van der Waals surface area contributed by atoms with E-state index in [-0.39, 0.29) is 13.2 Å². The molecule has 35 heavy (non-hydrogen) atoms. The quantitative estimate of drug-likeness (QED) is 0.351. The fourth-order valence-corrected chi connectivity index (χ4v) is 5.57. The minimum absolute atomic E-state index is 0.0224. The number of halogens is 1. The molecule has 2 N–H and O–H groups in total. The summed E-state index contributed by atoms with van der Waals surface area (Å²) in [6.45, 7) is 0.511. The van der Waals surface area contributed by atoms with Crippen molar-refractivity contribution in [3.63, 3.8) is 0 Å². The summed E-state index contributed by atoms with van der Waals surface area (Å²) >= 11 is 6.44. The molecule has 4 aromatic rings. The van der Waals surface area contributed by atoms with E-state index >= 15 is 0 Å². The third-order valence-corrected chi connectivity index (χ3v) is 7.43. The predicted molar refractivity (Wildman–Crippen MR) is 141 cm³/mol. The number of imidazole rings is 1. The molecule has 1 fully saturated rings. The van der Waals surface area contributed by atoms with Crippen LogP contribution in [0.15, 0.2) is 65.7 Å². The van der Waals surface area contributed by atoms with Gasteiger partial charge in [0.1, 0.15) is 0 Å². The van der Waals surface area contributed by atoms with Crippen molar-refractivity contribution in [1.29, 1.82) is 0 Å². The van der Waals surface area contributed by atoms with Gasteiger partial charge in [0, 0.05) is 17.6 Å². The number of nitrogens with zero attached hydrogens (tertiary/aromatic N) is 3. The lowest BCUT2D eigenvalue weighted by molar-refractivity contribution is 0.282. The second-order valence-corrected chi connectivity index (χ2v) is 9.99. The molecule has 182 valence electrons. The van der Waals surface area contributed by atoms with Crippen molar-refractivity contribution in [2.45, 2.75) is 57.8 Å². The summed E-state index contributed by atoms with van der Waals surface area (Å²) in [7, 11) is 1.98. The summed E-state index contributed by atoms with van der Waals surface area (Å²) in [5.41, 5.74) is 7.68. The number of hydrogen-bond acceptors (Lipinski definition) is 3. The van der Waals surface area contributed by atoms with Crippen molar-refractivity contribution in [2.75, 3.05) is 0 Å². The van der Waals surface area contributed by atoms with E-state index < -0.39 is 0 Å². The maximum atomic E-state index is 10.0. The number of aryl methyl sites for hydroxylation is 1. The van der Waals surface area contributed by atoms with Crippen LogP contribution in [-0.4, -0.2) is 19.3 Å². The molecule has 0 spiro atoms. The average molecular weight is 490 g/mol. The van der Waals surface area contributed by atoms with E-state index in [9.17, 15) is 10.2 Å². The van der Waals surface area contributed by atoms with Crippen LogP contribution in [0.2, 0.25) is 5.02 Å². The van der Waals surface area contributed by atoms with Gasteiger partial charge in [0.15, 0.2) is 0 Å². The van der Waals surface area contributed by atoms with E-state index in [1.165, 1.54) is 37.7 Å². The second kappa shape index (κ2) is 10.4. The van der Waals surface area contributed by atoms with Gasteiger partial charge in [0.2, 0.25) is 5.62 Å². The number of fused-ring (bicyclic) bond motifs is 1. The van der Waals surface area contributed by atoms with Gasteiger partial charge in [-0.05, 0) is 59.7 Å². The fourth-order valence-electron chi connectivity index (χ4n) is 5.34. The molecular weight excluding hydrogens is 458 g/mol. The first-order valence-corrected chi connectivity index (χ1v) is 12.8. The molecule has 6 heteroatoms. The highest BCUT2D eigenvalue weighted by Crippen LogP contribution is 2.33. The molecule has 0 radical (unpaired) electrons. The zero-order chi connectivity index (χ0) is 24.4. The third kappa shape index (κ3) is 4.94. The summed E-state index contributed by atoms with van der Waals surface area (Å²) in [6.07, 6.45) is 6.55. The van der Waals surface area contributed by atoms with Crippen molar-refractivity contribution in [1.82, 2.24) is 9.13 Å². The summed E-state index contributed by atoms with van der Waals surface area (Å²) in [5.74, 6) is 0.663. The molecule has 5 nitrogen and oxygen atoms in total. The Morgan fingerprint density at radius 3 is 2.23 bits per heavy atom. The molecule has 1 heterocycles. The van der Waals surface area contributed by atoms with Gasteiger partial charge in [0.25, 0.3) is 0 Å². The standard InChI is InChI=1S/C29H32ClN3O2/c1-32-28-24(19-35)15-25(30)16-27(28)33(17-20-7-9-21(18-34)10-8-20)29(32)31-26-13-11-23(12-14-26)22-5-3-2-4-6-22/h7-16,22,34-35H,2-6,17-19H2,1H3/b31-29-. The summed E-state index contributed by atoms with van der Waals surface area (Å²) < 4.78 is 4.18. The smallest absolute Gasteiger partial charge is 0.211 e. The summed E-state index contributed by atoms with van der Waals surface area (Å²) in [5, 5.41) is 20.0. The van der Waals surface area contributed by atoms with Crippen molar-refractivity contribution >= 4 is 28.3 Å². The summed E-state index contributed by atoms with van der Waals surface area (Å²) in [6, 6.07) is 20.4. The number of aromatic nitrogens is 2. The lowest BCUT2D eigenvalue weighted by atomic mass is 9.84. The van der Waals surface area contributed by atoms with Gasteiger partial charge in [-0.2, -0.15) is 0 Å². The second-order valence-electron chi connectivity index (χ2n) is 9.55. The van der Waals surface area contributed by atoms with Crippen LogP contribution in [0.25, 0.3) is 11.0 Å². The molecule has 0 saturated heterocycles. The molecule has 0 unspecified atom stereocenters. The first kappa shape index (κ1) is 23.9. The Morgan fingerprint density at radius 1 is 0.886 bits per heavy atom. The van der Waals surface area contributed by atoms with Crippen molar-refractivity contribution in [2.24, 2.45) is 12.0 Å². The normalized spacial score (nSPS) is 15.3. The summed E-state index contributed by atoms with van der Waals surface area (Å²) in [4.78, 5) is 5.06. The van der Waals surface area contributed by atoms with Crippen molar-refractivity contribution in [3.05, 3.63) is 93.6 Å². The minimum Gasteiger partial charge on any atom is -0.392 e. The fraction of sp³-hybridized carbons (Fsp3) is 0.345. The Labute approximate surface area is 211 Å². The molecule has 1 saturated carbocycles. The van der Waals surface area contributed by atoms with Crippen LogP contribution in [0.3, 0.4) is 0 Å². The molecule has 3 aromatic carbocycles. The lowest BCUT2D eigenvalue weighted by Gasteiger charge is -2.21. The highest BCUT2D eigenvalue weighted by molar-refractivity contribution is 6.31. The number of hydrogen-bond donors (Lipinski definition) is 2. The van der Waals surface area contributed by atoms with Crippen molar-refractivity contribution < 1.29 is 10.2 Å². The van der Waals surface area contributed by atoms with E-state index in [0.29, 0.717) is 17.5 Å². The number of aliphatic hydroxyl groups is 2. The van der Waals surface area contributed by atoms with E-state index in [1.54, 1.807) is 0 Å². The zero-order valence-corrected chi connectivity index (χ0v) is 20.9. The number of benzene rings is 3. The van der Waals surface area contributed by atoms with E-state index in [4.69, 9.17) is 16.6 Å². The molecule has 1 aliphatic carbocycles. The first-order valence-electron chi connectivity index (χ1n) is 12.4.